The monoisotopic (exact) mass is 310 g/mol. The summed E-state index contributed by atoms with van der Waals surface area (Å²) in [5.74, 6) is 0.493. The number of hydrogen-bond donors (Lipinski definition) is 3. The molecule has 4 rings (SSSR count). The summed E-state index contributed by atoms with van der Waals surface area (Å²) in [6.45, 7) is 5.65. The van der Waals surface area contributed by atoms with Crippen LogP contribution in [0.25, 0.3) is 10.9 Å². The lowest BCUT2D eigenvalue weighted by Crippen LogP contribution is -2.54. The molecule has 3 N–H and O–H groups in total. The molecule has 0 saturated heterocycles. The minimum absolute atomic E-state index is 0.187. The number of benzene rings is 1. The Kier molecular flexibility index (Phi) is 3.58. The predicted molar refractivity (Wildman–Crippen MR) is 94.7 cm³/mol. The van der Waals surface area contributed by atoms with Gasteiger partial charge in [0.2, 0.25) is 0 Å². The van der Waals surface area contributed by atoms with E-state index in [0.717, 1.165) is 25.8 Å². The zero-order valence-corrected chi connectivity index (χ0v) is 14.0. The third kappa shape index (κ3) is 2.10. The van der Waals surface area contributed by atoms with Crippen molar-refractivity contribution < 1.29 is 5.11 Å². The molecule has 3 atom stereocenters. The van der Waals surface area contributed by atoms with Crippen LogP contribution in [0.15, 0.2) is 35.9 Å². The lowest BCUT2D eigenvalue weighted by Gasteiger charge is -2.45. The van der Waals surface area contributed by atoms with E-state index >= 15 is 0 Å². The first kappa shape index (κ1) is 15.0. The quantitative estimate of drug-likeness (QED) is 0.746. The van der Waals surface area contributed by atoms with E-state index in [1.807, 2.05) is 0 Å². The van der Waals surface area contributed by atoms with Crippen LogP contribution in [0.1, 0.15) is 37.9 Å². The van der Waals surface area contributed by atoms with Crippen molar-refractivity contribution in [1.29, 1.82) is 0 Å². The standard InChI is InChI=1S/C20H26N2O/c1-3-14-10-13(2)11-20(12-23)18(14)21-9-8-16-15-6-4-5-7-17(15)22-19(16)20/h4-7,10,13,18,21-23H,3,8-9,11-12H2,1-2H3. The number of rotatable bonds is 2. The molecule has 1 aromatic heterocycles. The molecule has 23 heavy (non-hydrogen) atoms. The number of aromatic amines is 1. The molecule has 1 aromatic carbocycles. The van der Waals surface area contributed by atoms with Crippen LogP contribution in [0, 0.1) is 5.92 Å². The van der Waals surface area contributed by atoms with Gasteiger partial charge in [0.1, 0.15) is 0 Å². The van der Waals surface area contributed by atoms with Crippen LogP contribution in [-0.4, -0.2) is 29.3 Å². The van der Waals surface area contributed by atoms with Crippen LogP contribution in [0.2, 0.25) is 0 Å². The second-order valence-electron chi connectivity index (χ2n) is 7.25. The molecule has 0 radical (unpaired) electrons. The van der Waals surface area contributed by atoms with Crippen LogP contribution in [0.3, 0.4) is 0 Å². The van der Waals surface area contributed by atoms with Crippen molar-refractivity contribution in [1.82, 2.24) is 10.3 Å². The number of fused-ring (bicyclic) bond motifs is 5. The fourth-order valence-corrected chi connectivity index (χ4v) is 4.92. The molecule has 1 aliphatic heterocycles. The number of H-pyrrole nitrogens is 1. The highest BCUT2D eigenvalue weighted by Crippen LogP contribution is 2.46. The van der Waals surface area contributed by atoms with Crippen molar-refractivity contribution in [3.05, 3.63) is 47.2 Å². The molecular formula is C20H26N2O. The summed E-state index contributed by atoms with van der Waals surface area (Å²) in [6.07, 6.45) is 5.46. The Bertz CT molecular complexity index is 760. The van der Waals surface area contributed by atoms with E-state index in [-0.39, 0.29) is 18.1 Å². The van der Waals surface area contributed by atoms with Gasteiger partial charge in [-0.25, -0.2) is 0 Å². The van der Waals surface area contributed by atoms with Crippen molar-refractivity contribution in [2.45, 2.75) is 44.6 Å². The topological polar surface area (TPSA) is 48.0 Å². The molecule has 0 spiro atoms. The van der Waals surface area contributed by atoms with E-state index < -0.39 is 0 Å². The molecule has 0 amide bonds. The van der Waals surface area contributed by atoms with Gasteiger partial charge in [0.05, 0.1) is 12.0 Å². The molecular weight excluding hydrogens is 284 g/mol. The summed E-state index contributed by atoms with van der Waals surface area (Å²) in [5, 5.41) is 15.6. The van der Waals surface area contributed by atoms with Crippen LogP contribution in [0.4, 0.5) is 0 Å². The van der Waals surface area contributed by atoms with Gasteiger partial charge in [0.15, 0.2) is 0 Å². The number of nitrogens with one attached hydrogen (secondary N) is 2. The van der Waals surface area contributed by atoms with Gasteiger partial charge >= 0.3 is 0 Å². The van der Waals surface area contributed by atoms with Gasteiger partial charge in [-0.15, -0.1) is 0 Å². The second kappa shape index (κ2) is 5.50. The second-order valence-corrected chi connectivity index (χ2v) is 7.25. The number of para-hydroxylation sites is 1. The number of aliphatic hydroxyl groups excluding tert-OH is 1. The van der Waals surface area contributed by atoms with E-state index in [4.69, 9.17) is 0 Å². The fraction of sp³-hybridized carbons (Fsp3) is 0.500. The SMILES string of the molecule is CCC1=CC(C)CC2(CO)c3[nH]c4ccccc4c3CCNC12. The molecule has 0 bridgehead atoms. The molecule has 2 aromatic rings. The molecule has 3 nitrogen and oxygen atoms in total. The summed E-state index contributed by atoms with van der Waals surface area (Å²) >= 11 is 0. The van der Waals surface area contributed by atoms with Crippen molar-refractivity contribution in [2.75, 3.05) is 13.2 Å². The largest absolute Gasteiger partial charge is 0.395 e. The predicted octanol–water partition coefficient (Wildman–Crippen LogP) is 3.29. The fourth-order valence-electron chi connectivity index (χ4n) is 4.92. The number of aromatic nitrogens is 1. The van der Waals surface area contributed by atoms with Gasteiger partial charge in [-0.05, 0) is 43.4 Å². The van der Waals surface area contributed by atoms with Crippen LogP contribution < -0.4 is 5.32 Å². The van der Waals surface area contributed by atoms with E-state index in [1.54, 1.807) is 0 Å². The summed E-state index contributed by atoms with van der Waals surface area (Å²) in [4.78, 5) is 3.68. The highest BCUT2D eigenvalue weighted by molar-refractivity contribution is 5.85. The Labute approximate surface area is 137 Å². The van der Waals surface area contributed by atoms with E-state index in [2.05, 4.69) is 54.5 Å². The minimum atomic E-state index is -0.232. The van der Waals surface area contributed by atoms with E-state index in [9.17, 15) is 5.11 Å². The van der Waals surface area contributed by atoms with Gasteiger partial charge < -0.3 is 15.4 Å². The molecule has 3 unspecified atom stereocenters. The first-order chi connectivity index (χ1) is 11.2. The Hall–Kier alpha value is -1.58. The van der Waals surface area contributed by atoms with Gasteiger partial charge in [0.25, 0.3) is 0 Å². The summed E-state index contributed by atoms with van der Waals surface area (Å²) in [6, 6.07) is 8.79. The maximum atomic E-state index is 10.5. The van der Waals surface area contributed by atoms with Crippen molar-refractivity contribution in [3.8, 4) is 0 Å². The molecule has 2 heterocycles. The number of allylic oxidation sites excluding steroid dienone is 1. The Balaban J connectivity index is 1.97. The highest BCUT2D eigenvalue weighted by atomic mass is 16.3. The van der Waals surface area contributed by atoms with E-state index in [1.165, 1.54) is 27.7 Å². The van der Waals surface area contributed by atoms with Gasteiger partial charge in [-0.2, -0.15) is 0 Å². The average Bonchev–Trinajstić information content (AvgIpc) is 2.87. The molecule has 122 valence electrons. The lowest BCUT2D eigenvalue weighted by molar-refractivity contribution is 0.135. The normalized spacial score (nSPS) is 30.5. The number of aliphatic hydroxyl groups is 1. The van der Waals surface area contributed by atoms with E-state index in [0.29, 0.717) is 5.92 Å². The van der Waals surface area contributed by atoms with Gasteiger partial charge in [-0.3, -0.25) is 0 Å². The molecule has 2 aliphatic rings. The summed E-state index contributed by atoms with van der Waals surface area (Å²) < 4.78 is 0. The first-order valence-corrected chi connectivity index (χ1v) is 8.84. The Morgan fingerprint density at radius 2 is 2.13 bits per heavy atom. The highest BCUT2D eigenvalue weighted by Gasteiger charge is 2.48. The Morgan fingerprint density at radius 1 is 1.30 bits per heavy atom. The first-order valence-electron chi connectivity index (χ1n) is 8.84. The van der Waals surface area contributed by atoms with Gasteiger partial charge in [0, 0.05) is 22.6 Å². The average molecular weight is 310 g/mol. The van der Waals surface area contributed by atoms with Crippen LogP contribution in [-0.2, 0) is 11.8 Å². The summed E-state index contributed by atoms with van der Waals surface area (Å²) in [5.41, 5.74) is 5.08. The third-order valence-corrected chi connectivity index (χ3v) is 5.83. The summed E-state index contributed by atoms with van der Waals surface area (Å²) in [7, 11) is 0. The zero-order chi connectivity index (χ0) is 16.0. The molecule has 1 aliphatic carbocycles. The zero-order valence-electron chi connectivity index (χ0n) is 14.0. The minimum Gasteiger partial charge on any atom is -0.395 e. The van der Waals surface area contributed by atoms with Crippen LogP contribution >= 0.6 is 0 Å². The maximum absolute atomic E-state index is 10.5. The molecule has 0 fully saturated rings. The Morgan fingerprint density at radius 3 is 2.91 bits per heavy atom. The third-order valence-electron chi connectivity index (χ3n) is 5.83. The van der Waals surface area contributed by atoms with Crippen molar-refractivity contribution in [2.24, 2.45) is 5.92 Å². The molecule has 0 saturated carbocycles. The maximum Gasteiger partial charge on any atom is 0.0560 e. The van der Waals surface area contributed by atoms with Crippen molar-refractivity contribution in [3.63, 3.8) is 0 Å². The number of hydrogen-bond acceptors (Lipinski definition) is 2. The smallest absolute Gasteiger partial charge is 0.0560 e. The van der Waals surface area contributed by atoms with Gasteiger partial charge in [-0.1, -0.05) is 43.7 Å². The lowest BCUT2D eigenvalue weighted by atomic mass is 9.64. The van der Waals surface area contributed by atoms with Crippen molar-refractivity contribution >= 4 is 10.9 Å². The molecule has 3 heteroatoms. The van der Waals surface area contributed by atoms with Crippen LogP contribution in [0.5, 0.6) is 0 Å².